The van der Waals surface area contributed by atoms with Crippen LogP contribution in [0.5, 0.6) is 0 Å². The van der Waals surface area contributed by atoms with Crippen LogP contribution in [0.3, 0.4) is 0 Å². The van der Waals surface area contributed by atoms with E-state index in [4.69, 9.17) is 4.74 Å². The van der Waals surface area contributed by atoms with Gasteiger partial charge in [-0.2, -0.15) is 14.9 Å². The molecule has 3 heterocycles. The number of aldehydes is 1. The van der Waals surface area contributed by atoms with E-state index in [2.05, 4.69) is 16.2 Å². The van der Waals surface area contributed by atoms with E-state index in [0.29, 0.717) is 35.4 Å². The van der Waals surface area contributed by atoms with Crippen molar-refractivity contribution in [2.75, 3.05) is 4.90 Å². The summed E-state index contributed by atoms with van der Waals surface area (Å²) in [7, 11) is 0. The first-order valence-electron chi connectivity index (χ1n) is 9.43. The first-order valence-corrected chi connectivity index (χ1v) is 10.3. The quantitative estimate of drug-likeness (QED) is 0.705. The Morgan fingerprint density at radius 2 is 2.21 bits per heavy atom. The van der Waals surface area contributed by atoms with E-state index in [-0.39, 0.29) is 11.3 Å². The summed E-state index contributed by atoms with van der Waals surface area (Å²) < 4.78 is 7.14. The summed E-state index contributed by atoms with van der Waals surface area (Å²) in [6.07, 6.45) is 6.03. The van der Waals surface area contributed by atoms with Gasteiger partial charge in [-0.1, -0.05) is 6.08 Å². The second-order valence-electron chi connectivity index (χ2n) is 8.07. The number of ether oxygens (including phenoxy) is 1. The number of nitrogens with zero attached hydrogens (tertiary/aromatic N) is 5. The SMILES string of the molecule is CC(C)(C)OC(=O)N(c1cc(C2=CCC(C#N)S2)nc2c(C=O)cnn12)C1CC1. The van der Waals surface area contributed by atoms with Gasteiger partial charge in [0.1, 0.15) is 11.4 Å². The molecule has 4 rings (SSSR count). The number of hydrogen-bond donors (Lipinski definition) is 0. The average molecular weight is 411 g/mol. The first kappa shape index (κ1) is 19.5. The summed E-state index contributed by atoms with van der Waals surface area (Å²) in [5.74, 6) is 0.511. The van der Waals surface area contributed by atoms with Crippen LogP contribution in [0.15, 0.2) is 18.3 Å². The third-order valence-electron chi connectivity index (χ3n) is 4.54. The maximum Gasteiger partial charge on any atom is 0.416 e. The van der Waals surface area contributed by atoms with Crippen molar-refractivity contribution in [2.24, 2.45) is 0 Å². The van der Waals surface area contributed by atoms with E-state index in [0.717, 1.165) is 17.7 Å². The number of amides is 1. The molecule has 0 bridgehead atoms. The summed E-state index contributed by atoms with van der Waals surface area (Å²) in [6.45, 7) is 5.47. The van der Waals surface area contributed by atoms with Crippen molar-refractivity contribution in [1.82, 2.24) is 14.6 Å². The Morgan fingerprint density at radius 3 is 2.79 bits per heavy atom. The minimum Gasteiger partial charge on any atom is -0.443 e. The van der Waals surface area contributed by atoms with Gasteiger partial charge in [-0.3, -0.25) is 9.69 Å². The molecule has 0 saturated heterocycles. The number of carbonyl (C=O) groups is 2. The summed E-state index contributed by atoms with van der Waals surface area (Å²) >= 11 is 1.44. The predicted molar refractivity (Wildman–Crippen MR) is 110 cm³/mol. The van der Waals surface area contributed by atoms with E-state index < -0.39 is 11.7 Å². The van der Waals surface area contributed by atoms with Crippen LogP contribution in [-0.2, 0) is 4.74 Å². The largest absolute Gasteiger partial charge is 0.443 e. The molecule has 8 nitrogen and oxygen atoms in total. The number of anilines is 1. The number of thioether (sulfide) groups is 1. The molecule has 2 aromatic heterocycles. The second kappa shape index (κ2) is 7.19. The average Bonchev–Trinajstić information content (AvgIpc) is 3.21. The Balaban J connectivity index is 1.84. The lowest BCUT2D eigenvalue weighted by Gasteiger charge is -2.27. The van der Waals surface area contributed by atoms with Crippen LogP contribution in [0, 0.1) is 11.3 Å². The zero-order chi connectivity index (χ0) is 20.8. The van der Waals surface area contributed by atoms with Crippen LogP contribution in [0.2, 0.25) is 0 Å². The number of rotatable bonds is 4. The van der Waals surface area contributed by atoms with Crippen LogP contribution < -0.4 is 4.90 Å². The Kier molecular flexibility index (Phi) is 4.82. The zero-order valence-corrected chi connectivity index (χ0v) is 17.3. The standard InChI is InChI=1S/C20H21N5O3S/c1-20(2,3)28-19(27)24(13-4-5-13)17-8-15(16-7-6-14(9-21)29-16)23-18-12(11-26)10-22-25(17)18/h7-8,10-11,13-14H,4-6H2,1-3H3. The second-order valence-corrected chi connectivity index (χ2v) is 9.32. The first-order chi connectivity index (χ1) is 13.8. The number of hydrogen-bond acceptors (Lipinski definition) is 7. The molecule has 1 aliphatic carbocycles. The predicted octanol–water partition coefficient (Wildman–Crippen LogP) is 3.82. The highest BCUT2D eigenvalue weighted by Crippen LogP contribution is 2.41. The van der Waals surface area contributed by atoms with Gasteiger partial charge >= 0.3 is 6.09 Å². The molecule has 0 spiro atoms. The van der Waals surface area contributed by atoms with Crippen molar-refractivity contribution in [3.05, 3.63) is 29.6 Å². The van der Waals surface area contributed by atoms with Crippen LogP contribution >= 0.6 is 11.8 Å². The number of allylic oxidation sites excluding steroid dienone is 1. The van der Waals surface area contributed by atoms with Crippen molar-refractivity contribution in [3.8, 4) is 6.07 Å². The minimum absolute atomic E-state index is 0.0178. The number of nitriles is 1. The lowest BCUT2D eigenvalue weighted by molar-refractivity contribution is 0.0576. The molecule has 1 fully saturated rings. The lowest BCUT2D eigenvalue weighted by atomic mass is 10.2. The molecule has 150 valence electrons. The molecule has 1 aliphatic heterocycles. The van der Waals surface area contributed by atoms with Crippen LogP contribution in [-0.4, -0.2) is 43.9 Å². The maximum absolute atomic E-state index is 13.0. The molecule has 0 radical (unpaired) electrons. The van der Waals surface area contributed by atoms with Gasteiger partial charge in [0.05, 0.1) is 28.8 Å². The van der Waals surface area contributed by atoms with Crippen molar-refractivity contribution < 1.29 is 14.3 Å². The number of fused-ring (bicyclic) bond motifs is 1. The molecule has 1 saturated carbocycles. The number of carbonyl (C=O) groups excluding carboxylic acids is 2. The van der Waals surface area contributed by atoms with Crippen LogP contribution in [0.4, 0.5) is 10.6 Å². The van der Waals surface area contributed by atoms with Gasteiger partial charge < -0.3 is 4.74 Å². The fraction of sp³-hybridized carbons (Fsp3) is 0.450. The smallest absolute Gasteiger partial charge is 0.416 e. The highest BCUT2D eigenvalue weighted by Gasteiger charge is 2.38. The third-order valence-corrected chi connectivity index (χ3v) is 5.75. The Hall–Kier alpha value is -2.86. The summed E-state index contributed by atoms with van der Waals surface area (Å²) in [5, 5.41) is 13.3. The molecule has 0 N–H and O–H groups in total. The lowest BCUT2D eigenvalue weighted by Crippen LogP contribution is -2.39. The van der Waals surface area contributed by atoms with Crippen LogP contribution in [0.25, 0.3) is 10.6 Å². The van der Waals surface area contributed by atoms with Crippen molar-refractivity contribution in [2.45, 2.75) is 56.9 Å². The van der Waals surface area contributed by atoms with E-state index >= 15 is 0 Å². The van der Waals surface area contributed by atoms with Crippen LogP contribution in [0.1, 0.15) is 56.1 Å². The zero-order valence-electron chi connectivity index (χ0n) is 16.5. The Bertz CT molecular complexity index is 1060. The Labute approximate surface area is 172 Å². The Morgan fingerprint density at radius 1 is 1.45 bits per heavy atom. The molecule has 1 amide bonds. The van der Waals surface area contributed by atoms with E-state index in [1.54, 1.807) is 11.0 Å². The molecule has 1 unspecified atom stereocenters. The maximum atomic E-state index is 13.0. The highest BCUT2D eigenvalue weighted by atomic mass is 32.2. The van der Waals surface area contributed by atoms with Crippen molar-refractivity contribution in [3.63, 3.8) is 0 Å². The molecular formula is C20H21N5O3S. The molecule has 9 heteroatoms. The molecule has 2 aliphatic rings. The molecule has 2 aromatic rings. The van der Waals surface area contributed by atoms with Gasteiger partial charge in [-0.15, -0.1) is 11.8 Å². The van der Waals surface area contributed by atoms with Gasteiger partial charge in [0.15, 0.2) is 11.9 Å². The van der Waals surface area contributed by atoms with Crippen molar-refractivity contribution in [1.29, 1.82) is 5.26 Å². The van der Waals surface area contributed by atoms with Crippen molar-refractivity contribution >= 4 is 40.5 Å². The summed E-state index contributed by atoms with van der Waals surface area (Å²) in [6, 6.07) is 4.06. The van der Waals surface area contributed by atoms with Gasteiger partial charge in [0.2, 0.25) is 0 Å². The van der Waals surface area contributed by atoms with Gasteiger partial charge in [-0.25, -0.2) is 9.78 Å². The fourth-order valence-electron chi connectivity index (χ4n) is 3.13. The third kappa shape index (κ3) is 3.85. The van der Waals surface area contributed by atoms with Gasteiger partial charge in [0.25, 0.3) is 0 Å². The highest BCUT2D eigenvalue weighted by molar-refractivity contribution is 8.09. The van der Waals surface area contributed by atoms with Gasteiger partial charge in [0, 0.05) is 17.0 Å². The van der Waals surface area contributed by atoms with E-state index in [9.17, 15) is 14.9 Å². The minimum atomic E-state index is -0.638. The molecular weight excluding hydrogens is 390 g/mol. The normalized spacial score (nSPS) is 19.0. The summed E-state index contributed by atoms with van der Waals surface area (Å²) in [5.41, 5.74) is 0.700. The molecule has 29 heavy (non-hydrogen) atoms. The number of aromatic nitrogens is 3. The van der Waals surface area contributed by atoms with Gasteiger partial charge in [-0.05, 0) is 40.0 Å². The molecule has 0 aromatic carbocycles. The van der Waals surface area contributed by atoms with E-state index in [1.165, 1.54) is 22.5 Å². The van der Waals surface area contributed by atoms with E-state index in [1.807, 2.05) is 26.8 Å². The summed E-state index contributed by atoms with van der Waals surface area (Å²) in [4.78, 5) is 31.6. The monoisotopic (exact) mass is 411 g/mol. The topological polar surface area (TPSA) is 101 Å². The molecule has 1 atom stereocenters. The fourth-order valence-corrected chi connectivity index (χ4v) is 4.10.